The third-order valence-electron chi connectivity index (χ3n) is 4.08. The Kier molecular flexibility index (Phi) is 4.26. The van der Waals surface area contributed by atoms with Crippen molar-refractivity contribution in [1.29, 1.82) is 0 Å². The number of hydrogen-bond acceptors (Lipinski definition) is 5. The summed E-state index contributed by atoms with van der Waals surface area (Å²) in [4.78, 5) is 0. The third-order valence-corrected chi connectivity index (χ3v) is 5.41. The van der Waals surface area contributed by atoms with Gasteiger partial charge in [0.15, 0.2) is 0 Å². The molecule has 21 heavy (non-hydrogen) atoms. The zero-order chi connectivity index (χ0) is 14.8. The van der Waals surface area contributed by atoms with Gasteiger partial charge in [-0.1, -0.05) is 49.9 Å². The maximum Gasteiger partial charge on any atom is 0.209 e. The highest BCUT2D eigenvalue weighted by Gasteiger charge is 2.34. The summed E-state index contributed by atoms with van der Waals surface area (Å²) in [6.45, 7) is 5.43. The first-order chi connectivity index (χ1) is 10.2. The fraction of sp³-hybridized carbons (Fsp3) is 0.533. The maximum absolute atomic E-state index is 4.12. The molecular weight excluding hydrogens is 282 g/mol. The van der Waals surface area contributed by atoms with E-state index >= 15 is 0 Å². The zero-order valence-corrected chi connectivity index (χ0v) is 13.5. The lowest BCUT2D eigenvalue weighted by Gasteiger charge is -2.36. The van der Waals surface area contributed by atoms with Crippen molar-refractivity contribution in [2.75, 3.05) is 6.54 Å². The number of benzene rings is 1. The first-order valence-corrected chi connectivity index (χ1v) is 8.30. The average molecular weight is 303 g/mol. The molecule has 6 heteroatoms. The Morgan fingerprint density at radius 3 is 2.76 bits per heavy atom. The minimum absolute atomic E-state index is 0.351. The lowest BCUT2D eigenvalue weighted by molar-refractivity contribution is 0.452. The van der Waals surface area contributed by atoms with Crippen molar-refractivity contribution in [3.8, 4) is 0 Å². The van der Waals surface area contributed by atoms with E-state index in [1.54, 1.807) is 16.4 Å². The van der Waals surface area contributed by atoms with E-state index in [2.05, 4.69) is 59.0 Å². The van der Waals surface area contributed by atoms with Gasteiger partial charge in [0.25, 0.3) is 0 Å². The van der Waals surface area contributed by atoms with E-state index in [0.717, 1.165) is 18.1 Å². The lowest BCUT2D eigenvalue weighted by Crippen LogP contribution is -2.35. The monoisotopic (exact) mass is 303 g/mol. The van der Waals surface area contributed by atoms with Crippen molar-refractivity contribution in [2.45, 2.75) is 42.6 Å². The summed E-state index contributed by atoms with van der Waals surface area (Å²) >= 11 is 1.78. The first-order valence-electron chi connectivity index (χ1n) is 7.42. The number of fused-ring (bicyclic) bond motifs is 1. The molecule has 1 aliphatic rings. The van der Waals surface area contributed by atoms with Crippen molar-refractivity contribution in [2.24, 2.45) is 7.05 Å². The number of rotatable bonds is 4. The largest absolute Gasteiger partial charge is 0.309 e. The summed E-state index contributed by atoms with van der Waals surface area (Å²) in [7, 11) is 1.89. The summed E-state index contributed by atoms with van der Waals surface area (Å²) in [6.07, 6.45) is 1.13. The van der Waals surface area contributed by atoms with Crippen LogP contribution in [0.5, 0.6) is 0 Å². The average Bonchev–Trinajstić information content (AvgIpc) is 2.89. The highest BCUT2D eigenvalue weighted by Crippen LogP contribution is 2.44. The number of tetrazole rings is 1. The van der Waals surface area contributed by atoms with E-state index in [1.807, 2.05) is 7.05 Å². The predicted octanol–water partition coefficient (Wildman–Crippen LogP) is 2.53. The van der Waals surface area contributed by atoms with Crippen LogP contribution in [0.2, 0.25) is 0 Å². The third kappa shape index (κ3) is 2.82. The van der Waals surface area contributed by atoms with E-state index in [9.17, 15) is 0 Å². The molecule has 0 bridgehead atoms. The van der Waals surface area contributed by atoms with Gasteiger partial charge in [-0.25, -0.2) is 4.68 Å². The molecule has 0 amide bonds. The predicted molar refractivity (Wildman–Crippen MR) is 84.3 cm³/mol. The van der Waals surface area contributed by atoms with Crippen LogP contribution < -0.4 is 5.32 Å². The van der Waals surface area contributed by atoms with Gasteiger partial charge in [-0.15, -0.1) is 5.10 Å². The topological polar surface area (TPSA) is 55.6 Å². The highest BCUT2D eigenvalue weighted by molar-refractivity contribution is 7.99. The number of thioether (sulfide) groups is 1. The SMILES string of the molecule is CCNC1c2ccccc2C(C)CC1Sc1nnnn1C. The Balaban J connectivity index is 1.92. The molecule has 1 aromatic carbocycles. The normalized spacial score (nSPS) is 24.8. The van der Waals surface area contributed by atoms with Crippen LogP contribution in [0, 0.1) is 0 Å². The summed E-state index contributed by atoms with van der Waals surface area (Å²) in [5.74, 6) is 0.565. The van der Waals surface area contributed by atoms with Crippen LogP contribution in [0.4, 0.5) is 0 Å². The Morgan fingerprint density at radius 1 is 1.33 bits per heavy atom. The fourth-order valence-corrected chi connectivity index (χ4v) is 4.40. The second kappa shape index (κ2) is 6.15. The van der Waals surface area contributed by atoms with Gasteiger partial charge in [-0.3, -0.25) is 0 Å². The zero-order valence-electron chi connectivity index (χ0n) is 12.7. The molecule has 0 spiro atoms. The van der Waals surface area contributed by atoms with Crippen molar-refractivity contribution < 1.29 is 0 Å². The molecule has 0 aliphatic heterocycles. The molecule has 1 heterocycles. The summed E-state index contributed by atoms with van der Waals surface area (Å²) in [5.41, 5.74) is 2.89. The van der Waals surface area contributed by atoms with Crippen molar-refractivity contribution in [3.63, 3.8) is 0 Å². The summed E-state index contributed by atoms with van der Waals surface area (Å²) in [5, 5.41) is 16.8. The molecule has 1 aliphatic carbocycles. The molecule has 0 fully saturated rings. The molecule has 3 unspecified atom stereocenters. The molecule has 1 aromatic heterocycles. The van der Waals surface area contributed by atoms with Crippen LogP contribution in [0.25, 0.3) is 0 Å². The number of nitrogens with one attached hydrogen (secondary N) is 1. The van der Waals surface area contributed by atoms with Gasteiger partial charge in [0.1, 0.15) is 0 Å². The van der Waals surface area contributed by atoms with Gasteiger partial charge in [0.2, 0.25) is 5.16 Å². The summed E-state index contributed by atoms with van der Waals surface area (Å²) < 4.78 is 1.75. The van der Waals surface area contributed by atoms with Crippen LogP contribution in [0.1, 0.15) is 43.4 Å². The van der Waals surface area contributed by atoms with Crippen LogP contribution in [0.3, 0.4) is 0 Å². The van der Waals surface area contributed by atoms with Crippen molar-refractivity contribution >= 4 is 11.8 Å². The van der Waals surface area contributed by atoms with Crippen LogP contribution in [-0.4, -0.2) is 32.0 Å². The quantitative estimate of drug-likeness (QED) is 0.940. The smallest absolute Gasteiger partial charge is 0.209 e. The molecule has 1 N–H and O–H groups in total. The van der Waals surface area contributed by atoms with E-state index in [0.29, 0.717) is 17.2 Å². The molecular formula is C15H21N5S. The molecule has 112 valence electrons. The minimum atomic E-state index is 0.351. The maximum atomic E-state index is 4.12. The molecule has 0 saturated carbocycles. The van der Waals surface area contributed by atoms with Gasteiger partial charge in [-0.05, 0) is 40.4 Å². The number of hydrogen-bond donors (Lipinski definition) is 1. The Morgan fingerprint density at radius 2 is 2.10 bits per heavy atom. The Labute approximate surface area is 129 Å². The van der Waals surface area contributed by atoms with Gasteiger partial charge in [-0.2, -0.15) is 0 Å². The number of aromatic nitrogens is 4. The summed E-state index contributed by atoms with van der Waals surface area (Å²) in [6, 6.07) is 9.13. The first kappa shape index (κ1) is 14.5. The van der Waals surface area contributed by atoms with E-state index in [4.69, 9.17) is 0 Å². The number of aryl methyl sites for hydroxylation is 1. The molecule has 2 aromatic rings. The van der Waals surface area contributed by atoms with Gasteiger partial charge < -0.3 is 5.32 Å². The Hall–Kier alpha value is -1.40. The molecule has 3 rings (SSSR count). The van der Waals surface area contributed by atoms with Crippen LogP contribution >= 0.6 is 11.8 Å². The van der Waals surface area contributed by atoms with E-state index < -0.39 is 0 Å². The fourth-order valence-electron chi connectivity index (χ4n) is 3.09. The number of nitrogens with zero attached hydrogens (tertiary/aromatic N) is 4. The van der Waals surface area contributed by atoms with Gasteiger partial charge in [0, 0.05) is 18.3 Å². The molecule has 0 saturated heterocycles. The highest BCUT2D eigenvalue weighted by atomic mass is 32.2. The van der Waals surface area contributed by atoms with E-state index in [-0.39, 0.29) is 0 Å². The molecule has 0 radical (unpaired) electrons. The van der Waals surface area contributed by atoms with Gasteiger partial charge in [0.05, 0.1) is 0 Å². The second-order valence-electron chi connectivity index (χ2n) is 5.54. The van der Waals surface area contributed by atoms with Crippen LogP contribution in [0.15, 0.2) is 29.4 Å². The molecule has 3 atom stereocenters. The van der Waals surface area contributed by atoms with Crippen LogP contribution in [-0.2, 0) is 7.05 Å². The van der Waals surface area contributed by atoms with E-state index in [1.165, 1.54) is 11.1 Å². The minimum Gasteiger partial charge on any atom is -0.309 e. The Bertz CT molecular complexity index is 612. The second-order valence-corrected chi connectivity index (χ2v) is 6.75. The van der Waals surface area contributed by atoms with Gasteiger partial charge >= 0.3 is 0 Å². The molecule has 5 nitrogen and oxygen atoms in total. The lowest BCUT2D eigenvalue weighted by atomic mass is 9.80. The van der Waals surface area contributed by atoms with Crippen molar-refractivity contribution in [3.05, 3.63) is 35.4 Å². The van der Waals surface area contributed by atoms with Crippen molar-refractivity contribution in [1.82, 2.24) is 25.5 Å². The standard InChI is InChI=1S/C15H21N5S/c1-4-16-14-12-8-6-5-7-11(12)10(2)9-13(14)21-15-17-18-19-20(15)3/h5-8,10,13-14,16H,4,9H2,1-3H3.